The lowest BCUT2D eigenvalue weighted by atomic mass is 9.91. The van der Waals surface area contributed by atoms with E-state index in [1.807, 2.05) is 0 Å². The van der Waals surface area contributed by atoms with Gasteiger partial charge in [-0.3, -0.25) is 4.90 Å². The number of rotatable bonds is 1. The van der Waals surface area contributed by atoms with Gasteiger partial charge in [0.1, 0.15) is 0 Å². The van der Waals surface area contributed by atoms with E-state index < -0.39 is 0 Å². The Morgan fingerprint density at radius 3 is 2.50 bits per heavy atom. The van der Waals surface area contributed by atoms with E-state index in [1.165, 1.54) is 25.2 Å². The Labute approximate surface area is 120 Å². The Hall–Kier alpha value is -1.80. The third-order valence-corrected chi connectivity index (χ3v) is 4.70. The fourth-order valence-corrected chi connectivity index (χ4v) is 3.61. The van der Waals surface area contributed by atoms with E-state index in [2.05, 4.69) is 64.4 Å². The maximum Gasteiger partial charge on any atom is 0.0526 e. The van der Waals surface area contributed by atoms with E-state index in [1.54, 1.807) is 11.1 Å². The number of hydrogen-bond acceptors (Lipinski definition) is 2. The van der Waals surface area contributed by atoms with Crippen LogP contribution in [0.25, 0.3) is 0 Å². The van der Waals surface area contributed by atoms with Crippen molar-refractivity contribution in [3.8, 4) is 0 Å². The number of nitrogens with zero attached hydrogens (tertiary/aromatic N) is 2. The summed E-state index contributed by atoms with van der Waals surface area (Å²) in [6, 6.07) is 20.4. The number of hydrogen-bond donors (Lipinski definition) is 0. The van der Waals surface area contributed by atoms with Crippen molar-refractivity contribution in [1.82, 2.24) is 4.90 Å². The molecule has 0 N–H and O–H groups in total. The fraction of sp³-hybridized carbons (Fsp3) is 0.333. The van der Waals surface area contributed by atoms with Gasteiger partial charge < -0.3 is 4.90 Å². The van der Waals surface area contributed by atoms with Crippen molar-refractivity contribution in [3.05, 3.63) is 65.7 Å². The molecule has 0 amide bonds. The molecule has 0 aliphatic carbocycles. The van der Waals surface area contributed by atoms with Gasteiger partial charge in [0.25, 0.3) is 0 Å². The van der Waals surface area contributed by atoms with Gasteiger partial charge in [-0.25, -0.2) is 0 Å². The second-order valence-electron chi connectivity index (χ2n) is 5.78. The molecule has 1 atom stereocenters. The van der Waals surface area contributed by atoms with Gasteiger partial charge in [-0.1, -0.05) is 42.5 Å². The van der Waals surface area contributed by atoms with Crippen LogP contribution >= 0.6 is 0 Å². The average Bonchev–Trinajstić information content (AvgIpc) is 2.55. The molecule has 0 saturated carbocycles. The molecule has 2 aromatic carbocycles. The third kappa shape index (κ3) is 2.01. The predicted molar refractivity (Wildman–Crippen MR) is 83.1 cm³/mol. The minimum absolute atomic E-state index is 0.564. The Bertz CT molecular complexity index is 593. The van der Waals surface area contributed by atoms with E-state index >= 15 is 0 Å². The zero-order valence-electron chi connectivity index (χ0n) is 11.7. The van der Waals surface area contributed by atoms with E-state index in [4.69, 9.17) is 0 Å². The highest BCUT2D eigenvalue weighted by Gasteiger charge is 2.32. The van der Waals surface area contributed by atoms with Gasteiger partial charge in [-0.2, -0.15) is 0 Å². The molecular formula is C18H20N2. The van der Waals surface area contributed by atoms with Crippen molar-refractivity contribution in [2.75, 3.05) is 31.1 Å². The molecule has 2 aromatic rings. The number of fused-ring (bicyclic) bond motifs is 3. The summed E-state index contributed by atoms with van der Waals surface area (Å²) in [6.07, 6.45) is 1.21. The minimum Gasteiger partial charge on any atom is -0.368 e. The van der Waals surface area contributed by atoms with Crippen molar-refractivity contribution in [3.63, 3.8) is 0 Å². The first-order valence-electron chi connectivity index (χ1n) is 7.54. The van der Waals surface area contributed by atoms with Crippen LogP contribution in [0.15, 0.2) is 54.6 Å². The molecule has 1 saturated heterocycles. The number of para-hydroxylation sites is 1. The molecular weight excluding hydrogens is 244 g/mol. The molecule has 0 aromatic heterocycles. The van der Waals surface area contributed by atoms with Crippen molar-refractivity contribution in [1.29, 1.82) is 0 Å². The van der Waals surface area contributed by atoms with Crippen LogP contribution in [-0.4, -0.2) is 31.1 Å². The SMILES string of the molecule is c1ccc(N2CCN3CCc4ccccc4C3C2)cc1. The monoisotopic (exact) mass is 264 g/mol. The topological polar surface area (TPSA) is 6.48 Å². The summed E-state index contributed by atoms with van der Waals surface area (Å²) in [5, 5.41) is 0. The van der Waals surface area contributed by atoms with Crippen LogP contribution in [-0.2, 0) is 6.42 Å². The summed E-state index contributed by atoms with van der Waals surface area (Å²) in [5.41, 5.74) is 4.44. The maximum absolute atomic E-state index is 2.65. The molecule has 1 fully saturated rings. The van der Waals surface area contributed by atoms with Crippen LogP contribution in [0.1, 0.15) is 17.2 Å². The van der Waals surface area contributed by atoms with E-state index in [0.29, 0.717) is 6.04 Å². The number of anilines is 1. The summed E-state index contributed by atoms with van der Waals surface area (Å²) in [6.45, 7) is 4.64. The molecule has 0 spiro atoms. The Morgan fingerprint density at radius 1 is 0.800 bits per heavy atom. The van der Waals surface area contributed by atoms with Crippen molar-refractivity contribution in [2.24, 2.45) is 0 Å². The normalized spacial score (nSPS) is 22.2. The van der Waals surface area contributed by atoms with Gasteiger partial charge in [0.15, 0.2) is 0 Å². The lowest BCUT2D eigenvalue weighted by molar-refractivity contribution is 0.167. The smallest absolute Gasteiger partial charge is 0.0526 e. The first-order chi connectivity index (χ1) is 9.92. The highest BCUT2D eigenvalue weighted by atomic mass is 15.3. The number of piperazine rings is 1. The second-order valence-corrected chi connectivity index (χ2v) is 5.78. The molecule has 2 heterocycles. The lowest BCUT2D eigenvalue weighted by Gasteiger charge is -2.45. The van der Waals surface area contributed by atoms with Gasteiger partial charge in [-0.15, -0.1) is 0 Å². The zero-order valence-corrected chi connectivity index (χ0v) is 11.7. The maximum atomic E-state index is 2.65. The first-order valence-corrected chi connectivity index (χ1v) is 7.54. The second kappa shape index (κ2) is 4.95. The van der Waals surface area contributed by atoms with Crippen LogP contribution in [0.5, 0.6) is 0 Å². The highest BCUT2D eigenvalue weighted by molar-refractivity contribution is 5.48. The lowest BCUT2D eigenvalue weighted by Crippen LogP contribution is -2.50. The van der Waals surface area contributed by atoms with Crippen molar-refractivity contribution < 1.29 is 0 Å². The van der Waals surface area contributed by atoms with Crippen molar-refractivity contribution in [2.45, 2.75) is 12.5 Å². The molecule has 1 unspecified atom stereocenters. The van der Waals surface area contributed by atoms with Crippen LogP contribution in [0.4, 0.5) is 5.69 Å². The summed E-state index contributed by atoms with van der Waals surface area (Å²) in [5.74, 6) is 0. The van der Waals surface area contributed by atoms with Gasteiger partial charge in [0.05, 0.1) is 6.04 Å². The highest BCUT2D eigenvalue weighted by Crippen LogP contribution is 2.33. The fourth-order valence-electron chi connectivity index (χ4n) is 3.61. The van der Waals surface area contributed by atoms with Crippen molar-refractivity contribution >= 4 is 5.69 Å². The predicted octanol–water partition coefficient (Wildman–Crippen LogP) is 3.11. The van der Waals surface area contributed by atoms with E-state index in [0.717, 1.165) is 13.1 Å². The summed E-state index contributed by atoms with van der Waals surface area (Å²) in [4.78, 5) is 5.19. The molecule has 2 heteroatoms. The van der Waals surface area contributed by atoms with Gasteiger partial charge in [0, 0.05) is 31.9 Å². The summed E-state index contributed by atoms with van der Waals surface area (Å²) < 4.78 is 0. The summed E-state index contributed by atoms with van der Waals surface area (Å²) >= 11 is 0. The number of benzene rings is 2. The summed E-state index contributed by atoms with van der Waals surface area (Å²) in [7, 11) is 0. The van der Waals surface area contributed by atoms with Gasteiger partial charge >= 0.3 is 0 Å². The Morgan fingerprint density at radius 2 is 1.60 bits per heavy atom. The van der Waals surface area contributed by atoms with E-state index in [9.17, 15) is 0 Å². The van der Waals surface area contributed by atoms with Crippen LogP contribution in [0, 0.1) is 0 Å². The minimum atomic E-state index is 0.564. The molecule has 0 radical (unpaired) electrons. The van der Waals surface area contributed by atoms with Crippen LogP contribution < -0.4 is 4.90 Å². The molecule has 0 bridgehead atoms. The Balaban J connectivity index is 1.64. The molecule has 4 rings (SSSR count). The van der Waals surface area contributed by atoms with Crippen LogP contribution in [0.2, 0.25) is 0 Å². The first kappa shape index (κ1) is 12.0. The average molecular weight is 264 g/mol. The zero-order chi connectivity index (χ0) is 13.4. The largest absolute Gasteiger partial charge is 0.368 e. The molecule has 102 valence electrons. The molecule has 2 aliphatic heterocycles. The molecule has 20 heavy (non-hydrogen) atoms. The quantitative estimate of drug-likeness (QED) is 0.781. The van der Waals surface area contributed by atoms with Crippen LogP contribution in [0.3, 0.4) is 0 Å². The van der Waals surface area contributed by atoms with Gasteiger partial charge in [0.2, 0.25) is 0 Å². The third-order valence-electron chi connectivity index (χ3n) is 4.70. The van der Waals surface area contributed by atoms with Gasteiger partial charge in [-0.05, 0) is 29.7 Å². The standard InChI is InChI=1S/C18H20N2/c1-2-7-16(8-3-1)20-13-12-19-11-10-15-6-4-5-9-17(15)18(19)14-20/h1-9,18H,10-14H2. The van der Waals surface area contributed by atoms with E-state index in [-0.39, 0.29) is 0 Å². The molecule has 2 nitrogen and oxygen atoms in total. The molecule has 2 aliphatic rings. The Kier molecular flexibility index (Phi) is 2.96.